The second-order valence-corrected chi connectivity index (χ2v) is 6.76. The molecule has 78 valence electrons. The Kier molecular flexibility index (Phi) is 4.62. The van der Waals surface area contributed by atoms with E-state index in [9.17, 15) is 4.21 Å². The number of rotatable bonds is 4. The summed E-state index contributed by atoms with van der Waals surface area (Å²) >= 11 is 0. The van der Waals surface area contributed by atoms with Crippen LogP contribution in [0.25, 0.3) is 0 Å². The summed E-state index contributed by atoms with van der Waals surface area (Å²) < 4.78 is 25.0. The first kappa shape index (κ1) is 11.4. The minimum atomic E-state index is -2.73. The highest BCUT2D eigenvalue weighted by molar-refractivity contribution is 8.16. The van der Waals surface area contributed by atoms with Gasteiger partial charge in [-0.15, -0.1) is 0 Å². The van der Waals surface area contributed by atoms with E-state index < -0.39 is 9.39 Å². The van der Waals surface area contributed by atoms with Gasteiger partial charge in [0.1, 0.15) is 0 Å². The van der Waals surface area contributed by atoms with Gasteiger partial charge in [-0.25, -0.2) is 4.21 Å². The number of morpholine rings is 1. The molecule has 1 atom stereocenters. The molecule has 0 aromatic rings. The van der Waals surface area contributed by atoms with E-state index in [1.807, 2.05) is 0 Å². The zero-order chi connectivity index (χ0) is 9.73. The van der Waals surface area contributed by atoms with Gasteiger partial charge >= 0.3 is 0 Å². The predicted molar refractivity (Wildman–Crippen MR) is 55.8 cm³/mol. The van der Waals surface area contributed by atoms with Crippen LogP contribution in [0.2, 0.25) is 0 Å². The van der Waals surface area contributed by atoms with Crippen molar-refractivity contribution in [2.24, 2.45) is 0 Å². The average molecular weight is 225 g/mol. The van der Waals surface area contributed by atoms with Crippen molar-refractivity contribution >= 4 is 17.4 Å². The molecule has 1 saturated heterocycles. The monoisotopic (exact) mass is 225 g/mol. The molecule has 0 spiro atoms. The van der Waals surface area contributed by atoms with Gasteiger partial charge in [0.25, 0.3) is 0 Å². The molecule has 0 saturated carbocycles. The van der Waals surface area contributed by atoms with Crippen LogP contribution in [-0.2, 0) is 14.1 Å². The van der Waals surface area contributed by atoms with Crippen LogP contribution in [0.15, 0.2) is 0 Å². The second kappa shape index (κ2) is 5.27. The van der Waals surface area contributed by atoms with Crippen LogP contribution in [0, 0.1) is 0 Å². The zero-order valence-corrected chi connectivity index (χ0v) is 9.39. The van der Waals surface area contributed by atoms with Gasteiger partial charge in [-0.05, 0) is 21.0 Å². The molecule has 1 N–H and O–H groups in total. The topological polar surface area (TPSA) is 49.8 Å². The van der Waals surface area contributed by atoms with Gasteiger partial charge in [-0.1, -0.05) is 0 Å². The summed E-state index contributed by atoms with van der Waals surface area (Å²) in [5.74, 6) is 0.321. The Labute approximate surface area is 81.4 Å². The molecular formula is C7H16NO3PS. The lowest BCUT2D eigenvalue weighted by atomic mass is 10.4. The van der Waals surface area contributed by atoms with Crippen molar-refractivity contribution in [1.29, 1.82) is 0 Å². The minimum absolute atomic E-state index is 0.321. The molecule has 0 bridgehead atoms. The largest absolute Gasteiger partial charge is 0.379 e. The number of hydrogen-bond acceptors (Lipinski definition) is 3. The van der Waals surface area contributed by atoms with E-state index in [2.05, 4.69) is 12.9 Å². The van der Waals surface area contributed by atoms with Crippen LogP contribution in [0.1, 0.15) is 6.42 Å². The Morgan fingerprint density at radius 1 is 1.46 bits per heavy atom. The van der Waals surface area contributed by atoms with Crippen molar-refractivity contribution in [3.05, 3.63) is 0 Å². The average Bonchev–Trinajstić information content (AvgIpc) is 2.04. The second-order valence-electron chi connectivity index (χ2n) is 3.15. The normalized spacial score (nSPS) is 24.1. The minimum Gasteiger partial charge on any atom is -0.379 e. The van der Waals surface area contributed by atoms with E-state index in [-0.39, 0.29) is 0 Å². The Balaban J connectivity index is 2.11. The fraction of sp³-hybridized carbons (Fsp3) is 1.00. The highest BCUT2D eigenvalue weighted by Gasteiger charge is 2.10. The Morgan fingerprint density at radius 2 is 2.08 bits per heavy atom. The van der Waals surface area contributed by atoms with Gasteiger partial charge < -0.3 is 9.29 Å². The SMILES string of the molecule is O=S(O)(=P)CCCN1CCOCC1. The molecule has 0 amide bonds. The summed E-state index contributed by atoms with van der Waals surface area (Å²) in [5, 5.41) is 0. The molecule has 13 heavy (non-hydrogen) atoms. The molecule has 1 heterocycles. The van der Waals surface area contributed by atoms with E-state index in [0.717, 1.165) is 39.3 Å². The first-order valence-corrected chi connectivity index (χ1v) is 7.28. The van der Waals surface area contributed by atoms with Crippen molar-refractivity contribution < 1.29 is 13.5 Å². The van der Waals surface area contributed by atoms with Crippen LogP contribution in [-0.4, -0.2) is 52.3 Å². The van der Waals surface area contributed by atoms with Crippen LogP contribution in [0.5, 0.6) is 0 Å². The van der Waals surface area contributed by atoms with Crippen LogP contribution >= 0.6 is 8.02 Å². The van der Waals surface area contributed by atoms with Crippen molar-refractivity contribution in [2.45, 2.75) is 6.42 Å². The molecule has 1 rings (SSSR count). The summed E-state index contributed by atoms with van der Waals surface area (Å²) in [5.41, 5.74) is 0. The van der Waals surface area contributed by atoms with Crippen LogP contribution < -0.4 is 0 Å². The van der Waals surface area contributed by atoms with Crippen molar-refractivity contribution in [3.63, 3.8) is 0 Å². The van der Waals surface area contributed by atoms with Crippen molar-refractivity contribution in [2.75, 3.05) is 38.6 Å². The molecule has 1 aliphatic rings. The molecule has 6 heteroatoms. The molecule has 1 fully saturated rings. The Hall–Kier alpha value is 0.330. The van der Waals surface area contributed by atoms with Gasteiger partial charge in [0.05, 0.1) is 22.6 Å². The van der Waals surface area contributed by atoms with E-state index in [1.54, 1.807) is 0 Å². The van der Waals surface area contributed by atoms with Gasteiger partial charge in [0.2, 0.25) is 0 Å². The first-order valence-electron chi connectivity index (χ1n) is 4.37. The van der Waals surface area contributed by atoms with Gasteiger partial charge in [-0.2, -0.15) is 0 Å². The van der Waals surface area contributed by atoms with Gasteiger partial charge in [0.15, 0.2) is 0 Å². The summed E-state index contributed by atoms with van der Waals surface area (Å²) in [7, 11) is 0.0663. The van der Waals surface area contributed by atoms with Crippen molar-refractivity contribution in [1.82, 2.24) is 4.90 Å². The third kappa shape index (κ3) is 5.60. The fourth-order valence-electron chi connectivity index (χ4n) is 1.31. The maximum atomic E-state index is 10.9. The molecule has 1 aliphatic heterocycles. The highest BCUT2D eigenvalue weighted by atomic mass is 32.5. The molecule has 0 aromatic carbocycles. The molecule has 0 radical (unpaired) electrons. The maximum absolute atomic E-state index is 10.9. The molecule has 0 aromatic heterocycles. The Bertz CT molecular complexity index is 236. The lowest BCUT2D eigenvalue weighted by Crippen LogP contribution is -2.37. The third-order valence-corrected chi connectivity index (χ3v) is 3.45. The predicted octanol–water partition coefficient (Wildman–Crippen LogP) is 0.524. The van der Waals surface area contributed by atoms with Crippen LogP contribution in [0.3, 0.4) is 0 Å². The molecule has 4 nitrogen and oxygen atoms in total. The summed E-state index contributed by atoms with van der Waals surface area (Å²) in [6.07, 6.45) is 0.749. The highest BCUT2D eigenvalue weighted by Crippen LogP contribution is 2.01. The Morgan fingerprint density at radius 3 is 2.62 bits per heavy atom. The lowest BCUT2D eigenvalue weighted by molar-refractivity contribution is 0.0381. The van der Waals surface area contributed by atoms with E-state index in [1.165, 1.54) is 0 Å². The van der Waals surface area contributed by atoms with Crippen molar-refractivity contribution in [3.8, 4) is 0 Å². The van der Waals surface area contributed by atoms with Crippen LogP contribution in [0.4, 0.5) is 0 Å². The maximum Gasteiger partial charge on any atom is 0.0975 e. The summed E-state index contributed by atoms with van der Waals surface area (Å²) in [6.45, 7) is 4.32. The van der Waals surface area contributed by atoms with Gasteiger partial charge in [-0.3, -0.25) is 4.90 Å². The first-order chi connectivity index (χ1) is 6.08. The molecular weight excluding hydrogens is 209 g/mol. The number of nitrogens with zero attached hydrogens (tertiary/aromatic N) is 1. The third-order valence-electron chi connectivity index (χ3n) is 2.00. The molecule has 0 aliphatic carbocycles. The lowest BCUT2D eigenvalue weighted by Gasteiger charge is -2.26. The summed E-state index contributed by atoms with van der Waals surface area (Å²) in [6, 6.07) is 0. The number of hydrogen-bond donors (Lipinski definition) is 1. The number of ether oxygens (including phenoxy) is 1. The standard InChI is InChI=1S/C7H16NO3PS/c9-13(10,12)7-1-2-8-3-5-11-6-4-8/h12H,1-7H2,(H,9,10). The van der Waals surface area contributed by atoms with E-state index in [4.69, 9.17) is 9.29 Å². The van der Waals surface area contributed by atoms with Gasteiger partial charge in [0, 0.05) is 18.8 Å². The van der Waals surface area contributed by atoms with E-state index >= 15 is 0 Å². The zero-order valence-electron chi connectivity index (χ0n) is 7.57. The van der Waals surface area contributed by atoms with E-state index in [0.29, 0.717) is 5.75 Å². The fourth-order valence-corrected chi connectivity index (χ4v) is 2.26. The smallest absolute Gasteiger partial charge is 0.0975 e. The summed E-state index contributed by atoms with van der Waals surface area (Å²) in [4.78, 5) is 2.25. The quantitative estimate of drug-likeness (QED) is 0.709. The molecule has 1 unspecified atom stereocenters.